The summed E-state index contributed by atoms with van der Waals surface area (Å²) in [6, 6.07) is 0. The molecule has 0 fully saturated rings. The average Bonchev–Trinajstić information content (AvgIpc) is 3.07. The van der Waals surface area contributed by atoms with Crippen LogP contribution in [-0.2, 0) is 13.1 Å². The first-order chi connectivity index (χ1) is 10.5. The number of rotatable bonds is 5. The van der Waals surface area contributed by atoms with Crippen LogP contribution in [0.4, 0.5) is 0 Å². The minimum atomic E-state index is 0. The van der Waals surface area contributed by atoms with E-state index >= 15 is 0 Å². The Bertz CT molecular complexity index is 630. The fourth-order valence-corrected chi connectivity index (χ4v) is 3.38. The van der Waals surface area contributed by atoms with Gasteiger partial charge in [0.05, 0.1) is 18.8 Å². The quantitative estimate of drug-likeness (QED) is 0.402. The Morgan fingerprint density at radius 1 is 1.09 bits per heavy atom. The van der Waals surface area contributed by atoms with E-state index in [9.17, 15) is 0 Å². The molecule has 0 saturated carbocycles. The van der Waals surface area contributed by atoms with Crippen molar-refractivity contribution in [3.63, 3.8) is 0 Å². The number of aliphatic imine (C=N–C) groups is 1. The molecule has 6 nitrogen and oxygen atoms in total. The zero-order valence-corrected chi connectivity index (χ0v) is 18.0. The van der Waals surface area contributed by atoms with Crippen molar-refractivity contribution in [3.8, 4) is 0 Å². The lowest BCUT2D eigenvalue weighted by Crippen LogP contribution is -2.36. The van der Waals surface area contributed by atoms with Gasteiger partial charge in [-0.15, -0.1) is 45.5 Å². The molecule has 0 unspecified atom stereocenters. The van der Waals surface area contributed by atoms with Crippen LogP contribution < -0.4 is 10.6 Å². The third-order valence-electron chi connectivity index (χ3n) is 3.09. The first-order valence-electron chi connectivity index (χ1n) is 7.19. The van der Waals surface area contributed by atoms with Crippen LogP contribution in [0.1, 0.15) is 45.4 Å². The van der Waals surface area contributed by atoms with Crippen molar-refractivity contribution in [1.29, 1.82) is 0 Å². The number of aryl methyl sites for hydroxylation is 2. The fourth-order valence-electron chi connectivity index (χ4n) is 1.73. The third-order valence-corrected chi connectivity index (χ3v) is 5.38. The second-order valence-electron chi connectivity index (χ2n) is 5.22. The second-order valence-corrected chi connectivity index (χ2v) is 7.60. The van der Waals surface area contributed by atoms with Gasteiger partial charge in [-0.2, -0.15) is 0 Å². The molecule has 2 aromatic rings. The molecular formula is C14H23IN6S2. The second kappa shape index (κ2) is 9.48. The highest BCUT2D eigenvalue weighted by Crippen LogP contribution is 2.18. The van der Waals surface area contributed by atoms with E-state index in [1.807, 2.05) is 6.92 Å². The maximum Gasteiger partial charge on any atom is 0.191 e. The number of aromatic nitrogens is 3. The number of halogens is 1. The molecule has 2 N–H and O–H groups in total. The normalized spacial score (nSPS) is 11.5. The predicted molar refractivity (Wildman–Crippen MR) is 108 cm³/mol. The van der Waals surface area contributed by atoms with E-state index in [0.717, 1.165) is 26.7 Å². The van der Waals surface area contributed by atoms with Crippen LogP contribution in [0.15, 0.2) is 4.99 Å². The summed E-state index contributed by atoms with van der Waals surface area (Å²) < 4.78 is 0. The Labute approximate surface area is 162 Å². The van der Waals surface area contributed by atoms with Gasteiger partial charge in [0.1, 0.15) is 15.0 Å². The highest BCUT2D eigenvalue weighted by molar-refractivity contribution is 14.0. The molecule has 0 radical (unpaired) electrons. The molecule has 0 aliphatic heterocycles. The lowest BCUT2D eigenvalue weighted by molar-refractivity contribution is 0.781. The first-order valence-corrected chi connectivity index (χ1v) is 8.82. The Morgan fingerprint density at radius 3 is 2.22 bits per heavy atom. The number of nitrogens with zero attached hydrogens (tertiary/aromatic N) is 4. The van der Waals surface area contributed by atoms with Crippen molar-refractivity contribution in [1.82, 2.24) is 25.8 Å². The van der Waals surface area contributed by atoms with Gasteiger partial charge in [-0.3, -0.25) is 4.99 Å². The van der Waals surface area contributed by atoms with Gasteiger partial charge in [0.25, 0.3) is 0 Å². The standard InChI is InChI=1S/C14H22N6S2.HI/c1-8(2)13-20-19-12(22-13)7-17-14(15-5)16-6-11-18-9(3)10(4)21-11;/h8H,6-7H2,1-5H3,(H2,15,16,17);1H. The zero-order chi connectivity index (χ0) is 16.1. The van der Waals surface area contributed by atoms with E-state index in [0.29, 0.717) is 19.0 Å². The summed E-state index contributed by atoms with van der Waals surface area (Å²) >= 11 is 3.35. The molecule has 0 atom stereocenters. The predicted octanol–water partition coefficient (Wildman–Crippen LogP) is 3.22. The average molecular weight is 466 g/mol. The molecule has 2 rings (SSSR count). The molecular weight excluding hydrogens is 443 g/mol. The van der Waals surface area contributed by atoms with Crippen LogP contribution in [0, 0.1) is 13.8 Å². The maximum absolute atomic E-state index is 4.51. The zero-order valence-electron chi connectivity index (χ0n) is 14.0. The van der Waals surface area contributed by atoms with Gasteiger partial charge < -0.3 is 10.6 Å². The van der Waals surface area contributed by atoms with Crippen molar-refractivity contribution < 1.29 is 0 Å². The molecule has 0 aromatic carbocycles. The van der Waals surface area contributed by atoms with E-state index in [1.54, 1.807) is 29.7 Å². The van der Waals surface area contributed by atoms with Gasteiger partial charge >= 0.3 is 0 Å². The minimum Gasteiger partial charge on any atom is -0.350 e. The molecule has 128 valence electrons. The summed E-state index contributed by atoms with van der Waals surface area (Å²) in [5.74, 6) is 1.16. The Morgan fingerprint density at radius 2 is 1.74 bits per heavy atom. The van der Waals surface area contributed by atoms with E-state index in [2.05, 4.69) is 51.6 Å². The molecule has 0 aliphatic carbocycles. The lowest BCUT2D eigenvalue weighted by atomic mass is 10.2. The van der Waals surface area contributed by atoms with Crippen LogP contribution in [0.2, 0.25) is 0 Å². The fraction of sp³-hybridized carbons (Fsp3) is 0.571. The molecule has 0 bridgehead atoms. The lowest BCUT2D eigenvalue weighted by Gasteiger charge is -2.09. The van der Waals surface area contributed by atoms with Crippen LogP contribution >= 0.6 is 46.7 Å². The number of guanidine groups is 1. The Hall–Kier alpha value is -0.810. The smallest absolute Gasteiger partial charge is 0.191 e. The molecule has 2 aromatic heterocycles. The Balaban J connectivity index is 0.00000264. The van der Waals surface area contributed by atoms with Gasteiger partial charge in [-0.25, -0.2) is 4.98 Å². The summed E-state index contributed by atoms with van der Waals surface area (Å²) in [7, 11) is 1.76. The molecule has 23 heavy (non-hydrogen) atoms. The molecule has 0 saturated heterocycles. The van der Waals surface area contributed by atoms with Crippen LogP contribution in [-0.4, -0.2) is 28.2 Å². The highest BCUT2D eigenvalue weighted by atomic mass is 127. The van der Waals surface area contributed by atoms with Crippen molar-refractivity contribution in [3.05, 3.63) is 25.6 Å². The highest BCUT2D eigenvalue weighted by Gasteiger charge is 2.09. The number of hydrogen-bond acceptors (Lipinski definition) is 6. The van der Waals surface area contributed by atoms with Crippen molar-refractivity contribution in [2.75, 3.05) is 7.05 Å². The molecule has 0 amide bonds. The Kier molecular flexibility index (Phi) is 8.34. The minimum absolute atomic E-state index is 0. The van der Waals surface area contributed by atoms with Gasteiger partial charge in [0.2, 0.25) is 0 Å². The van der Waals surface area contributed by atoms with Gasteiger partial charge in [-0.05, 0) is 13.8 Å². The van der Waals surface area contributed by atoms with Crippen molar-refractivity contribution >= 4 is 52.6 Å². The van der Waals surface area contributed by atoms with Crippen molar-refractivity contribution in [2.24, 2.45) is 4.99 Å². The summed E-state index contributed by atoms with van der Waals surface area (Å²) in [5, 5.41) is 18.0. The number of nitrogens with one attached hydrogen (secondary N) is 2. The summed E-state index contributed by atoms with van der Waals surface area (Å²) in [6.45, 7) is 9.66. The molecule has 0 spiro atoms. The van der Waals surface area contributed by atoms with Crippen LogP contribution in [0.3, 0.4) is 0 Å². The van der Waals surface area contributed by atoms with Gasteiger partial charge in [0.15, 0.2) is 5.96 Å². The summed E-state index contributed by atoms with van der Waals surface area (Å²) in [5.41, 5.74) is 1.10. The third kappa shape index (κ3) is 5.96. The molecule has 9 heteroatoms. The van der Waals surface area contributed by atoms with Crippen LogP contribution in [0.25, 0.3) is 0 Å². The van der Waals surface area contributed by atoms with E-state index in [-0.39, 0.29) is 24.0 Å². The molecule has 2 heterocycles. The van der Waals surface area contributed by atoms with E-state index in [1.165, 1.54) is 4.88 Å². The van der Waals surface area contributed by atoms with Crippen molar-refractivity contribution in [2.45, 2.75) is 46.7 Å². The van der Waals surface area contributed by atoms with Crippen LogP contribution in [0.5, 0.6) is 0 Å². The van der Waals surface area contributed by atoms with Gasteiger partial charge in [0, 0.05) is 17.8 Å². The monoisotopic (exact) mass is 466 g/mol. The summed E-state index contributed by atoms with van der Waals surface area (Å²) in [4.78, 5) is 9.99. The number of thiazole rings is 1. The topological polar surface area (TPSA) is 75.1 Å². The molecule has 0 aliphatic rings. The SMILES string of the molecule is CN=C(NCc1nnc(C(C)C)s1)NCc1nc(C)c(C)s1.I. The number of hydrogen-bond donors (Lipinski definition) is 2. The summed E-state index contributed by atoms with van der Waals surface area (Å²) in [6.07, 6.45) is 0. The largest absolute Gasteiger partial charge is 0.350 e. The van der Waals surface area contributed by atoms with E-state index in [4.69, 9.17) is 0 Å². The van der Waals surface area contributed by atoms with E-state index < -0.39 is 0 Å². The van der Waals surface area contributed by atoms with Gasteiger partial charge in [-0.1, -0.05) is 25.2 Å². The first kappa shape index (κ1) is 20.2. The maximum atomic E-state index is 4.51.